The predicted molar refractivity (Wildman–Crippen MR) is 67.7 cm³/mol. The van der Waals surface area contributed by atoms with Crippen molar-refractivity contribution in [1.82, 2.24) is 10.2 Å². The molecule has 5 heteroatoms. The van der Waals surface area contributed by atoms with Crippen LogP contribution in [0, 0.1) is 5.92 Å². The van der Waals surface area contributed by atoms with Crippen LogP contribution in [0.15, 0.2) is 0 Å². The van der Waals surface area contributed by atoms with E-state index in [9.17, 15) is 4.79 Å². The largest absolute Gasteiger partial charge is 0.374 e. The van der Waals surface area contributed by atoms with Crippen molar-refractivity contribution in [2.75, 3.05) is 39.3 Å². The van der Waals surface area contributed by atoms with Crippen LogP contribution in [0.2, 0.25) is 0 Å². The lowest BCUT2D eigenvalue weighted by atomic mass is 10.1. The quantitative estimate of drug-likeness (QED) is 0.678. The van der Waals surface area contributed by atoms with Crippen LogP contribution in [0.5, 0.6) is 0 Å². The average Bonchev–Trinajstić information content (AvgIpc) is 2.28. The number of hydrogen-bond acceptors (Lipinski definition) is 4. The van der Waals surface area contributed by atoms with E-state index in [0.29, 0.717) is 25.6 Å². The van der Waals surface area contributed by atoms with Gasteiger partial charge in [0.05, 0.1) is 19.3 Å². The van der Waals surface area contributed by atoms with Gasteiger partial charge < -0.3 is 15.8 Å². The minimum absolute atomic E-state index is 0.0761. The standard InChI is InChI=1S/C12H25N3O2/c1-10(2)3-4-14-12(16)9-15-5-6-17-11(7-13)8-15/h10-11H,3-9,13H2,1-2H3,(H,14,16). The molecule has 1 aliphatic heterocycles. The first-order valence-electron chi connectivity index (χ1n) is 6.42. The molecule has 1 heterocycles. The molecule has 1 unspecified atom stereocenters. The zero-order valence-electron chi connectivity index (χ0n) is 10.9. The van der Waals surface area contributed by atoms with Crippen molar-refractivity contribution in [3.63, 3.8) is 0 Å². The molecule has 0 aromatic rings. The second-order valence-corrected chi connectivity index (χ2v) is 5.00. The maximum atomic E-state index is 11.7. The van der Waals surface area contributed by atoms with E-state index in [4.69, 9.17) is 10.5 Å². The summed E-state index contributed by atoms with van der Waals surface area (Å²) < 4.78 is 5.45. The molecule has 1 amide bonds. The van der Waals surface area contributed by atoms with E-state index in [-0.39, 0.29) is 12.0 Å². The van der Waals surface area contributed by atoms with Gasteiger partial charge in [0.15, 0.2) is 0 Å². The Morgan fingerprint density at radius 2 is 2.35 bits per heavy atom. The minimum atomic E-state index is 0.0761. The van der Waals surface area contributed by atoms with Crippen LogP contribution in [-0.4, -0.2) is 56.2 Å². The summed E-state index contributed by atoms with van der Waals surface area (Å²) in [5, 5.41) is 2.94. The van der Waals surface area contributed by atoms with Crippen LogP contribution < -0.4 is 11.1 Å². The first-order valence-corrected chi connectivity index (χ1v) is 6.42. The highest BCUT2D eigenvalue weighted by Gasteiger charge is 2.20. The minimum Gasteiger partial charge on any atom is -0.374 e. The Morgan fingerprint density at radius 3 is 3.00 bits per heavy atom. The zero-order chi connectivity index (χ0) is 12.7. The van der Waals surface area contributed by atoms with Gasteiger partial charge in [0, 0.05) is 26.2 Å². The molecule has 1 fully saturated rings. The normalized spacial score (nSPS) is 21.8. The van der Waals surface area contributed by atoms with E-state index in [0.717, 1.165) is 26.1 Å². The number of nitrogens with one attached hydrogen (secondary N) is 1. The summed E-state index contributed by atoms with van der Waals surface area (Å²) in [6.45, 7) is 8.29. The fraction of sp³-hybridized carbons (Fsp3) is 0.917. The Bertz CT molecular complexity index is 234. The van der Waals surface area contributed by atoms with Crippen molar-refractivity contribution in [2.45, 2.75) is 26.4 Å². The molecule has 1 atom stereocenters. The average molecular weight is 243 g/mol. The first-order chi connectivity index (χ1) is 8.11. The van der Waals surface area contributed by atoms with E-state index in [1.165, 1.54) is 0 Å². The van der Waals surface area contributed by atoms with E-state index in [2.05, 4.69) is 24.1 Å². The second-order valence-electron chi connectivity index (χ2n) is 5.00. The topological polar surface area (TPSA) is 67.6 Å². The number of hydrogen-bond donors (Lipinski definition) is 2. The van der Waals surface area contributed by atoms with Crippen LogP contribution in [0.25, 0.3) is 0 Å². The van der Waals surface area contributed by atoms with Gasteiger partial charge in [-0.1, -0.05) is 13.8 Å². The fourth-order valence-corrected chi connectivity index (χ4v) is 1.83. The van der Waals surface area contributed by atoms with E-state index in [1.807, 2.05) is 0 Å². The summed E-state index contributed by atoms with van der Waals surface area (Å²) in [7, 11) is 0. The molecule has 0 saturated carbocycles. The van der Waals surface area contributed by atoms with Gasteiger partial charge in [0.2, 0.25) is 5.91 Å². The lowest BCUT2D eigenvalue weighted by Gasteiger charge is -2.31. The fourth-order valence-electron chi connectivity index (χ4n) is 1.83. The zero-order valence-corrected chi connectivity index (χ0v) is 10.9. The van der Waals surface area contributed by atoms with Crippen molar-refractivity contribution in [3.05, 3.63) is 0 Å². The number of nitrogens with zero attached hydrogens (tertiary/aromatic N) is 1. The smallest absolute Gasteiger partial charge is 0.234 e. The molecule has 0 radical (unpaired) electrons. The third-order valence-corrected chi connectivity index (χ3v) is 2.90. The van der Waals surface area contributed by atoms with Crippen LogP contribution in [-0.2, 0) is 9.53 Å². The predicted octanol–water partition coefficient (Wildman–Crippen LogP) is -0.192. The molecule has 0 aromatic carbocycles. The van der Waals surface area contributed by atoms with Crippen LogP contribution in [0.3, 0.4) is 0 Å². The third-order valence-electron chi connectivity index (χ3n) is 2.90. The summed E-state index contributed by atoms with van der Waals surface area (Å²) in [5.41, 5.74) is 5.56. The van der Waals surface area contributed by atoms with E-state index >= 15 is 0 Å². The van der Waals surface area contributed by atoms with E-state index < -0.39 is 0 Å². The van der Waals surface area contributed by atoms with Gasteiger partial charge in [-0.2, -0.15) is 0 Å². The Morgan fingerprint density at radius 1 is 1.59 bits per heavy atom. The second kappa shape index (κ2) is 7.63. The number of ether oxygens (including phenoxy) is 1. The molecule has 0 aromatic heterocycles. The highest BCUT2D eigenvalue weighted by atomic mass is 16.5. The molecule has 3 N–H and O–H groups in total. The molecule has 0 bridgehead atoms. The molecular weight excluding hydrogens is 218 g/mol. The lowest BCUT2D eigenvalue weighted by molar-refractivity contribution is -0.124. The molecule has 5 nitrogen and oxygen atoms in total. The molecule has 17 heavy (non-hydrogen) atoms. The Kier molecular flexibility index (Phi) is 6.47. The Labute approximate surface area is 104 Å². The van der Waals surface area contributed by atoms with Gasteiger partial charge in [-0.15, -0.1) is 0 Å². The number of carbonyl (C=O) groups is 1. The summed E-state index contributed by atoms with van der Waals surface area (Å²) in [5.74, 6) is 0.726. The molecule has 100 valence electrons. The van der Waals surface area contributed by atoms with Crippen molar-refractivity contribution < 1.29 is 9.53 Å². The van der Waals surface area contributed by atoms with Gasteiger partial charge in [-0.05, 0) is 12.3 Å². The number of rotatable bonds is 6. The number of morpholine rings is 1. The van der Waals surface area contributed by atoms with Crippen molar-refractivity contribution in [2.24, 2.45) is 11.7 Å². The summed E-state index contributed by atoms with van der Waals surface area (Å²) in [6, 6.07) is 0. The SMILES string of the molecule is CC(C)CCNC(=O)CN1CCOC(CN)C1. The first kappa shape index (κ1) is 14.4. The summed E-state index contributed by atoms with van der Waals surface area (Å²) in [6.07, 6.45) is 1.10. The Balaban J connectivity index is 2.17. The maximum Gasteiger partial charge on any atom is 0.234 e. The van der Waals surface area contributed by atoms with Gasteiger partial charge in [-0.25, -0.2) is 0 Å². The van der Waals surface area contributed by atoms with Crippen molar-refractivity contribution >= 4 is 5.91 Å². The number of amides is 1. The van der Waals surface area contributed by atoms with Crippen molar-refractivity contribution in [1.29, 1.82) is 0 Å². The van der Waals surface area contributed by atoms with Gasteiger partial charge in [0.1, 0.15) is 0 Å². The highest BCUT2D eigenvalue weighted by Crippen LogP contribution is 2.03. The molecule has 1 rings (SSSR count). The van der Waals surface area contributed by atoms with Gasteiger partial charge >= 0.3 is 0 Å². The molecule has 1 aliphatic rings. The third kappa shape index (κ3) is 6.00. The Hall–Kier alpha value is -0.650. The number of carbonyl (C=O) groups excluding carboxylic acids is 1. The highest BCUT2D eigenvalue weighted by molar-refractivity contribution is 5.77. The maximum absolute atomic E-state index is 11.7. The monoisotopic (exact) mass is 243 g/mol. The van der Waals surface area contributed by atoms with Gasteiger partial charge in [0.25, 0.3) is 0 Å². The summed E-state index contributed by atoms with van der Waals surface area (Å²) >= 11 is 0. The van der Waals surface area contributed by atoms with Crippen molar-refractivity contribution in [3.8, 4) is 0 Å². The molecule has 1 saturated heterocycles. The van der Waals surface area contributed by atoms with Gasteiger partial charge in [-0.3, -0.25) is 9.69 Å². The summed E-state index contributed by atoms with van der Waals surface area (Å²) in [4.78, 5) is 13.8. The molecule has 0 aliphatic carbocycles. The van der Waals surface area contributed by atoms with Crippen LogP contribution >= 0.6 is 0 Å². The van der Waals surface area contributed by atoms with Crippen LogP contribution in [0.1, 0.15) is 20.3 Å². The molecular formula is C12H25N3O2. The van der Waals surface area contributed by atoms with E-state index in [1.54, 1.807) is 0 Å². The molecule has 0 spiro atoms. The van der Waals surface area contributed by atoms with Crippen LogP contribution in [0.4, 0.5) is 0 Å². The lowest BCUT2D eigenvalue weighted by Crippen LogP contribution is -2.49. The number of nitrogens with two attached hydrogens (primary N) is 1.